The highest BCUT2D eigenvalue weighted by Crippen LogP contribution is 2.34. The van der Waals surface area contributed by atoms with Gasteiger partial charge < -0.3 is 4.90 Å². The van der Waals surface area contributed by atoms with Gasteiger partial charge in [-0.2, -0.15) is 0 Å². The minimum atomic E-state index is -0.633. The Bertz CT molecular complexity index is 893. The maximum Gasteiger partial charge on any atom is 0.294 e. The zero-order valence-corrected chi connectivity index (χ0v) is 13.0. The number of hydrogen-bond acceptors (Lipinski definition) is 6. The minimum absolute atomic E-state index is 0.140. The number of hydrogen-bond donors (Lipinski definition) is 2. The van der Waals surface area contributed by atoms with E-state index in [1.54, 1.807) is 16.8 Å². The Morgan fingerprint density at radius 2 is 2.17 bits per heavy atom. The molecule has 0 atom stereocenters. The highest BCUT2D eigenvalue weighted by Gasteiger charge is 2.22. The molecule has 2 aromatic heterocycles. The Kier molecular flexibility index (Phi) is 3.44. The lowest BCUT2D eigenvalue weighted by Gasteiger charge is -2.29. The second-order valence-corrected chi connectivity index (χ2v) is 6.29. The Morgan fingerprint density at radius 1 is 1.30 bits per heavy atom. The third kappa shape index (κ3) is 2.43. The van der Waals surface area contributed by atoms with Crippen molar-refractivity contribution in [1.82, 2.24) is 15.4 Å². The van der Waals surface area contributed by atoms with Gasteiger partial charge in [0.2, 0.25) is 0 Å². The minimum Gasteiger partial charge on any atom is -0.364 e. The van der Waals surface area contributed by atoms with Gasteiger partial charge in [-0.15, -0.1) is 11.3 Å². The first-order chi connectivity index (χ1) is 11.3. The molecule has 0 bridgehead atoms. The van der Waals surface area contributed by atoms with Crippen LogP contribution in [0.5, 0.6) is 0 Å². The number of benzene rings is 1. The van der Waals surface area contributed by atoms with E-state index in [-0.39, 0.29) is 5.69 Å². The van der Waals surface area contributed by atoms with Crippen molar-refractivity contribution in [2.24, 2.45) is 0 Å². The largest absolute Gasteiger partial charge is 0.364 e. The average molecular weight is 326 g/mol. The number of thiophene rings is 1. The smallest absolute Gasteiger partial charge is 0.294 e. The monoisotopic (exact) mass is 326 g/mol. The molecule has 1 aliphatic rings. The molecule has 0 unspecified atom stereocenters. The van der Waals surface area contributed by atoms with Crippen LogP contribution in [0.1, 0.15) is 21.9 Å². The molecule has 23 heavy (non-hydrogen) atoms. The summed E-state index contributed by atoms with van der Waals surface area (Å²) in [5, 5.41) is 12.1. The molecule has 6 nitrogen and oxygen atoms in total. The van der Waals surface area contributed by atoms with Crippen molar-refractivity contribution >= 4 is 33.0 Å². The number of anilines is 1. The fourth-order valence-corrected chi connectivity index (χ4v) is 3.84. The molecule has 1 amide bonds. The molecule has 2 N–H and O–H groups in total. The Labute approximate surface area is 136 Å². The Hall–Kier alpha value is -2.51. The van der Waals surface area contributed by atoms with E-state index in [1.807, 2.05) is 6.07 Å². The van der Waals surface area contributed by atoms with E-state index in [0.29, 0.717) is 6.54 Å². The van der Waals surface area contributed by atoms with Crippen LogP contribution < -0.4 is 10.4 Å². The van der Waals surface area contributed by atoms with Crippen molar-refractivity contribution in [1.29, 1.82) is 0 Å². The SMILES string of the molecule is O=C(NO)c1cnc2c(n1)CCN(c1csc3ccccc13)C2. The maximum absolute atomic E-state index is 11.4. The van der Waals surface area contributed by atoms with Crippen LogP contribution in [0.4, 0.5) is 5.69 Å². The van der Waals surface area contributed by atoms with Gasteiger partial charge in [-0.25, -0.2) is 10.5 Å². The summed E-state index contributed by atoms with van der Waals surface area (Å²) >= 11 is 1.74. The fourth-order valence-electron chi connectivity index (χ4n) is 2.87. The number of carbonyl (C=O) groups is 1. The number of nitrogens with one attached hydrogen (secondary N) is 1. The lowest BCUT2D eigenvalue weighted by Crippen LogP contribution is -2.32. The van der Waals surface area contributed by atoms with Crippen LogP contribution >= 0.6 is 11.3 Å². The summed E-state index contributed by atoms with van der Waals surface area (Å²) in [6, 6.07) is 8.36. The molecule has 0 radical (unpaired) electrons. The second-order valence-electron chi connectivity index (χ2n) is 5.38. The zero-order valence-electron chi connectivity index (χ0n) is 12.2. The van der Waals surface area contributed by atoms with E-state index in [4.69, 9.17) is 5.21 Å². The van der Waals surface area contributed by atoms with Crippen LogP contribution in [0.2, 0.25) is 0 Å². The molecule has 1 aromatic carbocycles. The van der Waals surface area contributed by atoms with E-state index in [1.165, 1.54) is 22.0 Å². The number of nitrogens with zero attached hydrogens (tertiary/aromatic N) is 3. The van der Waals surface area contributed by atoms with Gasteiger partial charge in [0.1, 0.15) is 5.69 Å². The lowest BCUT2D eigenvalue weighted by atomic mass is 10.1. The third-order valence-electron chi connectivity index (χ3n) is 4.03. The molecule has 116 valence electrons. The van der Waals surface area contributed by atoms with Gasteiger partial charge >= 0.3 is 0 Å². The number of rotatable bonds is 2. The summed E-state index contributed by atoms with van der Waals surface area (Å²) < 4.78 is 1.27. The highest BCUT2D eigenvalue weighted by molar-refractivity contribution is 7.17. The molecule has 4 rings (SSSR count). The molecule has 0 fully saturated rings. The molecular formula is C16H14N4O2S. The molecule has 0 saturated carbocycles. The third-order valence-corrected chi connectivity index (χ3v) is 4.98. The lowest BCUT2D eigenvalue weighted by molar-refractivity contribution is 0.0700. The standard InChI is InChI=1S/C16H14N4O2S/c21-16(19-22)12-7-17-13-8-20(6-5-11(13)18-12)14-9-23-15-4-2-1-3-10(14)15/h1-4,7,9,22H,5-6,8H2,(H,19,21). The van der Waals surface area contributed by atoms with Gasteiger partial charge in [-0.3, -0.25) is 15.0 Å². The van der Waals surface area contributed by atoms with Crippen molar-refractivity contribution in [3.63, 3.8) is 0 Å². The highest BCUT2D eigenvalue weighted by atomic mass is 32.1. The van der Waals surface area contributed by atoms with Gasteiger partial charge in [-0.1, -0.05) is 18.2 Å². The van der Waals surface area contributed by atoms with Crippen LogP contribution in [-0.4, -0.2) is 27.6 Å². The average Bonchev–Trinajstić information content (AvgIpc) is 3.04. The van der Waals surface area contributed by atoms with Crippen molar-refractivity contribution in [2.45, 2.75) is 13.0 Å². The first-order valence-electron chi connectivity index (χ1n) is 7.26. The molecule has 7 heteroatoms. The van der Waals surface area contributed by atoms with Gasteiger partial charge in [-0.05, 0) is 6.07 Å². The van der Waals surface area contributed by atoms with Gasteiger partial charge in [0.05, 0.1) is 29.8 Å². The first-order valence-corrected chi connectivity index (χ1v) is 8.14. The summed E-state index contributed by atoms with van der Waals surface area (Å²) in [7, 11) is 0. The molecule has 0 spiro atoms. The quantitative estimate of drug-likeness (QED) is 0.558. The van der Waals surface area contributed by atoms with Crippen LogP contribution in [0.3, 0.4) is 0 Å². The zero-order chi connectivity index (χ0) is 15.8. The summed E-state index contributed by atoms with van der Waals surface area (Å²) in [4.78, 5) is 22.4. The number of fused-ring (bicyclic) bond motifs is 2. The molecule has 3 heterocycles. The van der Waals surface area contributed by atoms with Crippen LogP contribution in [-0.2, 0) is 13.0 Å². The normalized spacial score (nSPS) is 13.9. The molecule has 3 aromatic rings. The predicted molar refractivity (Wildman–Crippen MR) is 87.9 cm³/mol. The maximum atomic E-state index is 11.4. The summed E-state index contributed by atoms with van der Waals surface area (Å²) in [6.07, 6.45) is 2.12. The molecule has 0 saturated heterocycles. The molecule has 1 aliphatic heterocycles. The number of aromatic nitrogens is 2. The topological polar surface area (TPSA) is 78.3 Å². The number of carbonyl (C=O) groups excluding carboxylic acids is 1. The van der Waals surface area contributed by atoms with Crippen LogP contribution in [0, 0.1) is 0 Å². The van der Waals surface area contributed by atoms with E-state index in [0.717, 1.165) is 24.4 Å². The van der Waals surface area contributed by atoms with E-state index in [9.17, 15) is 4.79 Å². The van der Waals surface area contributed by atoms with E-state index in [2.05, 4.69) is 38.4 Å². The predicted octanol–water partition coefficient (Wildman–Crippen LogP) is 2.37. The van der Waals surface area contributed by atoms with Gasteiger partial charge in [0, 0.05) is 28.4 Å². The first kappa shape index (κ1) is 14.1. The summed E-state index contributed by atoms with van der Waals surface area (Å²) in [6.45, 7) is 1.50. The van der Waals surface area contributed by atoms with Crippen molar-refractivity contribution < 1.29 is 10.0 Å². The Morgan fingerprint density at radius 3 is 3.04 bits per heavy atom. The van der Waals surface area contributed by atoms with Crippen molar-refractivity contribution in [2.75, 3.05) is 11.4 Å². The van der Waals surface area contributed by atoms with Crippen LogP contribution in [0.25, 0.3) is 10.1 Å². The van der Waals surface area contributed by atoms with E-state index >= 15 is 0 Å². The van der Waals surface area contributed by atoms with Gasteiger partial charge in [0.15, 0.2) is 0 Å². The van der Waals surface area contributed by atoms with Gasteiger partial charge in [0.25, 0.3) is 5.91 Å². The number of hydroxylamine groups is 1. The van der Waals surface area contributed by atoms with Crippen LogP contribution in [0.15, 0.2) is 35.8 Å². The molecule has 0 aliphatic carbocycles. The second kappa shape index (κ2) is 5.60. The fraction of sp³-hybridized carbons (Fsp3) is 0.188. The summed E-state index contributed by atoms with van der Waals surface area (Å²) in [5.74, 6) is -0.633. The Balaban J connectivity index is 1.65. The summed E-state index contributed by atoms with van der Waals surface area (Å²) in [5.41, 5.74) is 4.64. The van der Waals surface area contributed by atoms with Crippen molar-refractivity contribution in [3.05, 3.63) is 52.9 Å². The number of amides is 1. The van der Waals surface area contributed by atoms with Crippen molar-refractivity contribution in [3.8, 4) is 0 Å². The van der Waals surface area contributed by atoms with E-state index < -0.39 is 5.91 Å². The molecular weight excluding hydrogens is 312 g/mol.